The molecule has 108 valence electrons. The molecule has 0 radical (unpaired) electrons. The standard InChI is InChI=1S/C15H22N4S/c1-9-10(8-19(5)18-9)14-17-12-7-15(2,3)6-11(16-4)13(12)20-14/h8,11,16H,6-7H2,1-5H3. The first-order chi connectivity index (χ1) is 9.39. The molecular formula is C15H22N4S. The van der Waals surface area contributed by atoms with E-state index in [0.29, 0.717) is 11.5 Å². The lowest BCUT2D eigenvalue weighted by atomic mass is 9.76. The van der Waals surface area contributed by atoms with E-state index in [4.69, 9.17) is 4.98 Å². The fraction of sp³-hybridized carbons (Fsp3) is 0.600. The van der Waals surface area contributed by atoms with Crippen molar-refractivity contribution in [3.8, 4) is 10.6 Å². The van der Waals surface area contributed by atoms with Gasteiger partial charge in [-0.25, -0.2) is 4.98 Å². The van der Waals surface area contributed by atoms with Gasteiger partial charge in [0.05, 0.1) is 17.0 Å². The second-order valence-corrected chi connectivity index (χ2v) is 7.55. The summed E-state index contributed by atoms with van der Waals surface area (Å²) in [7, 11) is 4.01. The van der Waals surface area contributed by atoms with E-state index in [-0.39, 0.29) is 0 Å². The number of nitrogens with zero attached hydrogens (tertiary/aromatic N) is 3. The molecule has 0 aromatic carbocycles. The number of nitrogens with one attached hydrogen (secondary N) is 1. The summed E-state index contributed by atoms with van der Waals surface area (Å²) in [6.07, 6.45) is 4.31. The lowest BCUT2D eigenvalue weighted by Gasteiger charge is -2.34. The minimum atomic E-state index is 0.315. The Balaban J connectivity index is 2.06. The van der Waals surface area contributed by atoms with Gasteiger partial charge < -0.3 is 5.32 Å². The zero-order chi connectivity index (χ0) is 14.5. The van der Waals surface area contributed by atoms with Crippen molar-refractivity contribution in [1.82, 2.24) is 20.1 Å². The topological polar surface area (TPSA) is 42.7 Å². The number of aromatic nitrogens is 3. The van der Waals surface area contributed by atoms with Crippen LogP contribution in [-0.2, 0) is 13.5 Å². The molecule has 1 N–H and O–H groups in total. The van der Waals surface area contributed by atoms with Crippen molar-refractivity contribution in [3.63, 3.8) is 0 Å². The minimum Gasteiger partial charge on any atom is -0.312 e. The predicted molar refractivity (Wildman–Crippen MR) is 83.0 cm³/mol. The molecular weight excluding hydrogens is 268 g/mol. The molecule has 1 unspecified atom stereocenters. The smallest absolute Gasteiger partial charge is 0.127 e. The highest BCUT2D eigenvalue weighted by Gasteiger charge is 2.34. The van der Waals surface area contributed by atoms with Crippen LogP contribution in [0.2, 0.25) is 0 Å². The Morgan fingerprint density at radius 3 is 2.80 bits per heavy atom. The van der Waals surface area contributed by atoms with Crippen LogP contribution in [0, 0.1) is 12.3 Å². The van der Waals surface area contributed by atoms with Gasteiger partial charge in [-0.05, 0) is 32.2 Å². The molecule has 2 heterocycles. The van der Waals surface area contributed by atoms with E-state index in [1.54, 1.807) is 0 Å². The van der Waals surface area contributed by atoms with E-state index >= 15 is 0 Å². The van der Waals surface area contributed by atoms with Crippen molar-refractivity contribution in [2.75, 3.05) is 7.05 Å². The zero-order valence-electron chi connectivity index (χ0n) is 12.8. The summed E-state index contributed by atoms with van der Waals surface area (Å²) in [6, 6.07) is 0.428. The third-order valence-electron chi connectivity index (χ3n) is 4.04. The number of aryl methyl sites for hydroxylation is 2. The van der Waals surface area contributed by atoms with Gasteiger partial charge in [-0.15, -0.1) is 11.3 Å². The average molecular weight is 290 g/mol. The molecule has 0 bridgehead atoms. The van der Waals surface area contributed by atoms with Crippen LogP contribution >= 0.6 is 11.3 Å². The van der Waals surface area contributed by atoms with Crippen molar-refractivity contribution in [1.29, 1.82) is 0 Å². The van der Waals surface area contributed by atoms with Gasteiger partial charge in [0.25, 0.3) is 0 Å². The summed E-state index contributed by atoms with van der Waals surface area (Å²) in [6.45, 7) is 6.71. The van der Waals surface area contributed by atoms with Gasteiger partial charge >= 0.3 is 0 Å². The number of rotatable bonds is 2. The van der Waals surface area contributed by atoms with E-state index in [0.717, 1.165) is 17.1 Å². The molecule has 1 aliphatic carbocycles. The maximum Gasteiger partial charge on any atom is 0.127 e. The van der Waals surface area contributed by atoms with E-state index in [2.05, 4.69) is 37.4 Å². The Hall–Kier alpha value is -1.20. The van der Waals surface area contributed by atoms with E-state index in [1.165, 1.54) is 22.6 Å². The molecule has 0 saturated carbocycles. The van der Waals surface area contributed by atoms with Crippen LogP contribution in [0.25, 0.3) is 10.6 Å². The number of hydrogen-bond donors (Lipinski definition) is 1. The van der Waals surface area contributed by atoms with Crippen molar-refractivity contribution in [3.05, 3.63) is 22.5 Å². The van der Waals surface area contributed by atoms with E-state index in [1.807, 2.05) is 30.1 Å². The Bertz CT molecular complexity index is 638. The van der Waals surface area contributed by atoms with Gasteiger partial charge in [0.15, 0.2) is 0 Å². The van der Waals surface area contributed by atoms with Crippen molar-refractivity contribution >= 4 is 11.3 Å². The predicted octanol–water partition coefficient (Wildman–Crippen LogP) is 3.08. The molecule has 1 atom stereocenters. The van der Waals surface area contributed by atoms with Crippen molar-refractivity contribution in [2.45, 2.75) is 39.7 Å². The summed E-state index contributed by atoms with van der Waals surface area (Å²) < 4.78 is 1.87. The lowest BCUT2D eigenvalue weighted by molar-refractivity contribution is 0.265. The van der Waals surface area contributed by atoms with Crippen LogP contribution in [0.1, 0.15) is 42.6 Å². The maximum atomic E-state index is 4.91. The quantitative estimate of drug-likeness (QED) is 0.924. The molecule has 1 aliphatic rings. The molecule has 4 nitrogen and oxygen atoms in total. The third kappa shape index (κ3) is 2.29. The highest BCUT2D eigenvalue weighted by Crippen LogP contribution is 2.44. The van der Waals surface area contributed by atoms with Gasteiger partial charge in [0, 0.05) is 24.2 Å². The Labute approximate surface area is 124 Å². The summed E-state index contributed by atoms with van der Waals surface area (Å²) in [4.78, 5) is 6.32. The molecule has 3 rings (SSSR count). The molecule has 0 fully saturated rings. The molecule has 0 amide bonds. The van der Waals surface area contributed by atoms with Crippen LogP contribution in [0.3, 0.4) is 0 Å². The van der Waals surface area contributed by atoms with Gasteiger partial charge in [-0.2, -0.15) is 5.10 Å². The minimum absolute atomic E-state index is 0.315. The van der Waals surface area contributed by atoms with Crippen molar-refractivity contribution < 1.29 is 0 Å². The summed E-state index contributed by atoms with van der Waals surface area (Å²) >= 11 is 1.82. The number of thiazole rings is 1. The normalized spacial score (nSPS) is 20.9. The summed E-state index contributed by atoms with van der Waals surface area (Å²) in [5.41, 5.74) is 3.80. The van der Waals surface area contributed by atoms with Gasteiger partial charge in [-0.1, -0.05) is 13.8 Å². The molecule has 0 aliphatic heterocycles. The first kappa shape index (κ1) is 13.8. The molecule has 20 heavy (non-hydrogen) atoms. The van der Waals surface area contributed by atoms with Gasteiger partial charge in [-0.3, -0.25) is 4.68 Å². The van der Waals surface area contributed by atoms with E-state index in [9.17, 15) is 0 Å². The second kappa shape index (κ2) is 4.67. The van der Waals surface area contributed by atoms with Crippen LogP contribution < -0.4 is 5.32 Å². The first-order valence-electron chi connectivity index (χ1n) is 7.07. The lowest BCUT2D eigenvalue weighted by Crippen LogP contribution is -2.30. The number of fused-ring (bicyclic) bond motifs is 1. The molecule has 0 saturated heterocycles. The van der Waals surface area contributed by atoms with Crippen LogP contribution in [0.4, 0.5) is 0 Å². The van der Waals surface area contributed by atoms with Crippen LogP contribution in [0.15, 0.2) is 6.20 Å². The largest absolute Gasteiger partial charge is 0.312 e. The Kier molecular flexibility index (Phi) is 3.21. The van der Waals surface area contributed by atoms with Gasteiger partial charge in [0.2, 0.25) is 0 Å². The SMILES string of the molecule is CNC1CC(C)(C)Cc2nc(-c3cn(C)nc3C)sc21. The van der Waals surface area contributed by atoms with Crippen LogP contribution in [-0.4, -0.2) is 21.8 Å². The molecule has 2 aromatic rings. The second-order valence-electron chi connectivity index (χ2n) is 6.52. The molecule has 2 aromatic heterocycles. The maximum absolute atomic E-state index is 4.91. The average Bonchev–Trinajstić information content (AvgIpc) is 2.89. The fourth-order valence-corrected chi connectivity index (χ4v) is 4.34. The molecule has 5 heteroatoms. The highest BCUT2D eigenvalue weighted by atomic mass is 32.1. The summed E-state index contributed by atoms with van der Waals surface area (Å²) in [5, 5.41) is 8.99. The Morgan fingerprint density at radius 2 is 2.20 bits per heavy atom. The molecule has 0 spiro atoms. The third-order valence-corrected chi connectivity index (χ3v) is 5.28. The summed E-state index contributed by atoms with van der Waals surface area (Å²) in [5.74, 6) is 0. The fourth-order valence-electron chi connectivity index (χ4n) is 3.09. The monoisotopic (exact) mass is 290 g/mol. The van der Waals surface area contributed by atoms with E-state index < -0.39 is 0 Å². The Morgan fingerprint density at radius 1 is 1.45 bits per heavy atom. The number of hydrogen-bond acceptors (Lipinski definition) is 4. The van der Waals surface area contributed by atoms with Crippen molar-refractivity contribution in [2.24, 2.45) is 12.5 Å². The highest BCUT2D eigenvalue weighted by molar-refractivity contribution is 7.15. The van der Waals surface area contributed by atoms with Crippen LogP contribution in [0.5, 0.6) is 0 Å². The first-order valence-corrected chi connectivity index (χ1v) is 7.89. The zero-order valence-corrected chi connectivity index (χ0v) is 13.6. The van der Waals surface area contributed by atoms with Gasteiger partial charge in [0.1, 0.15) is 5.01 Å².